The zero-order valence-corrected chi connectivity index (χ0v) is 14.4. The Morgan fingerprint density at radius 1 is 1.24 bits per heavy atom. The van der Waals surface area contributed by atoms with E-state index in [0.717, 1.165) is 6.08 Å². The van der Waals surface area contributed by atoms with Gasteiger partial charge in [0.2, 0.25) is 0 Å². The fraction of sp³-hybridized carbons (Fsp3) is 0.0556. The predicted octanol–water partition coefficient (Wildman–Crippen LogP) is 3.65. The Bertz CT molecular complexity index is 858. The molecule has 0 aliphatic carbocycles. The van der Waals surface area contributed by atoms with Gasteiger partial charge < -0.3 is 10.1 Å². The Morgan fingerprint density at radius 3 is 2.64 bits per heavy atom. The maximum atomic E-state index is 13.5. The number of nitriles is 1. The van der Waals surface area contributed by atoms with E-state index in [-0.39, 0.29) is 5.56 Å². The van der Waals surface area contributed by atoms with Gasteiger partial charge in [-0.1, -0.05) is 15.9 Å². The van der Waals surface area contributed by atoms with Gasteiger partial charge in [0.15, 0.2) is 6.61 Å². The molecule has 2 rings (SSSR count). The van der Waals surface area contributed by atoms with E-state index in [1.165, 1.54) is 18.2 Å². The number of nitrogens with one attached hydrogen (secondary N) is 1. The standard InChI is InChI=1S/C18H12BrFN2O3/c19-14-4-7-16(20)13(9-14)3-8-18(24)25-11-17(23)22-15-5-1-12(10-21)2-6-15/h1-9H,11H2,(H,22,23)/b8-3+. The van der Waals surface area contributed by atoms with E-state index in [1.807, 2.05) is 6.07 Å². The number of rotatable bonds is 5. The lowest BCUT2D eigenvalue weighted by molar-refractivity contribution is -0.142. The molecule has 2 aromatic carbocycles. The summed E-state index contributed by atoms with van der Waals surface area (Å²) in [7, 11) is 0. The predicted molar refractivity (Wildman–Crippen MR) is 93.9 cm³/mol. The summed E-state index contributed by atoms with van der Waals surface area (Å²) in [6, 6.07) is 12.5. The molecular weight excluding hydrogens is 391 g/mol. The van der Waals surface area contributed by atoms with Crippen molar-refractivity contribution < 1.29 is 18.7 Å². The molecule has 0 atom stereocenters. The third-order valence-corrected chi connectivity index (χ3v) is 3.49. The number of carbonyl (C=O) groups excluding carboxylic acids is 2. The van der Waals surface area contributed by atoms with Crippen molar-refractivity contribution in [1.29, 1.82) is 5.26 Å². The first kappa shape index (κ1) is 18.4. The zero-order chi connectivity index (χ0) is 18.2. The largest absolute Gasteiger partial charge is 0.452 e. The average Bonchev–Trinajstić information content (AvgIpc) is 2.61. The maximum Gasteiger partial charge on any atom is 0.331 e. The molecule has 5 nitrogen and oxygen atoms in total. The summed E-state index contributed by atoms with van der Waals surface area (Å²) in [5, 5.41) is 11.2. The van der Waals surface area contributed by atoms with E-state index in [0.29, 0.717) is 15.7 Å². The van der Waals surface area contributed by atoms with E-state index >= 15 is 0 Å². The van der Waals surface area contributed by atoms with Gasteiger partial charge in [-0.25, -0.2) is 9.18 Å². The van der Waals surface area contributed by atoms with E-state index in [4.69, 9.17) is 10.00 Å². The van der Waals surface area contributed by atoms with Gasteiger partial charge in [0.05, 0.1) is 11.6 Å². The van der Waals surface area contributed by atoms with Crippen molar-refractivity contribution >= 4 is 39.6 Å². The topological polar surface area (TPSA) is 79.2 Å². The summed E-state index contributed by atoms with van der Waals surface area (Å²) < 4.78 is 19.0. The SMILES string of the molecule is N#Cc1ccc(NC(=O)COC(=O)/C=C/c2cc(Br)ccc2F)cc1. The minimum Gasteiger partial charge on any atom is -0.452 e. The molecule has 0 aliphatic rings. The van der Waals surface area contributed by atoms with Gasteiger partial charge in [-0.05, 0) is 48.5 Å². The molecule has 0 bridgehead atoms. The second-order valence-corrected chi connectivity index (χ2v) is 5.76. The molecule has 0 heterocycles. The van der Waals surface area contributed by atoms with Crippen LogP contribution < -0.4 is 5.32 Å². The van der Waals surface area contributed by atoms with Crippen LogP contribution >= 0.6 is 15.9 Å². The fourth-order valence-corrected chi connectivity index (χ4v) is 2.19. The van der Waals surface area contributed by atoms with Crippen molar-refractivity contribution in [2.75, 3.05) is 11.9 Å². The molecular formula is C18H12BrFN2O3. The van der Waals surface area contributed by atoms with Crippen LogP contribution in [0.15, 0.2) is 53.0 Å². The van der Waals surface area contributed by atoms with Crippen LogP contribution in [-0.2, 0) is 14.3 Å². The summed E-state index contributed by atoms with van der Waals surface area (Å²) in [4.78, 5) is 23.3. The van der Waals surface area contributed by atoms with Crippen molar-refractivity contribution in [2.24, 2.45) is 0 Å². The van der Waals surface area contributed by atoms with E-state index in [1.54, 1.807) is 30.3 Å². The number of ether oxygens (including phenoxy) is 1. The molecule has 0 spiro atoms. The highest BCUT2D eigenvalue weighted by atomic mass is 79.9. The summed E-state index contributed by atoms with van der Waals surface area (Å²) in [6.07, 6.45) is 2.31. The highest BCUT2D eigenvalue weighted by Crippen LogP contribution is 2.16. The first-order chi connectivity index (χ1) is 12.0. The van der Waals surface area contributed by atoms with Crippen LogP contribution in [0.5, 0.6) is 0 Å². The van der Waals surface area contributed by atoms with Crippen LogP contribution in [0.1, 0.15) is 11.1 Å². The molecule has 0 aromatic heterocycles. The van der Waals surface area contributed by atoms with Gasteiger partial charge >= 0.3 is 5.97 Å². The van der Waals surface area contributed by atoms with E-state index in [2.05, 4.69) is 21.2 Å². The fourth-order valence-electron chi connectivity index (χ4n) is 1.81. The summed E-state index contributed by atoms with van der Waals surface area (Å²) in [5.41, 5.74) is 1.16. The lowest BCUT2D eigenvalue weighted by Crippen LogP contribution is -2.20. The molecule has 2 aromatic rings. The molecule has 0 radical (unpaired) electrons. The van der Waals surface area contributed by atoms with Gasteiger partial charge in [0.1, 0.15) is 5.82 Å². The second kappa shape index (κ2) is 8.76. The van der Waals surface area contributed by atoms with Gasteiger partial charge in [-0.2, -0.15) is 5.26 Å². The number of halogens is 2. The molecule has 126 valence electrons. The van der Waals surface area contributed by atoms with Crippen LogP contribution in [0, 0.1) is 17.1 Å². The van der Waals surface area contributed by atoms with Crippen molar-refractivity contribution in [1.82, 2.24) is 0 Å². The van der Waals surface area contributed by atoms with Crippen molar-refractivity contribution in [2.45, 2.75) is 0 Å². The third kappa shape index (κ3) is 5.86. The normalized spacial score (nSPS) is 10.3. The Kier molecular flexibility index (Phi) is 6.43. The highest BCUT2D eigenvalue weighted by Gasteiger charge is 2.06. The monoisotopic (exact) mass is 402 g/mol. The van der Waals surface area contributed by atoms with Gasteiger partial charge in [0.25, 0.3) is 5.91 Å². The minimum absolute atomic E-state index is 0.216. The average molecular weight is 403 g/mol. The van der Waals surface area contributed by atoms with Crippen LogP contribution in [0.3, 0.4) is 0 Å². The van der Waals surface area contributed by atoms with Gasteiger partial charge in [0, 0.05) is 21.8 Å². The lowest BCUT2D eigenvalue weighted by Gasteiger charge is -2.05. The molecule has 0 saturated carbocycles. The summed E-state index contributed by atoms with van der Waals surface area (Å²) >= 11 is 3.21. The van der Waals surface area contributed by atoms with Crippen molar-refractivity contribution in [3.8, 4) is 6.07 Å². The Labute approximate surface area is 151 Å². The second-order valence-electron chi connectivity index (χ2n) is 4.84. The van der Waals surface area contributed by atoms with Crippen LogP contribution in [0.4, 0.5) is 10.1 Å². The molecule has 25 heavy (non-hydrogen) atoms. The molecule has 0 saturated heterocycles. The van der Waals surface area contributed by atoms with Crippen molar-refractivity contribution in [3.63, 3.8) is 0 Å². The highest BCUT2D eigenvalue weighted by molar-refractivity contribution is 9.10. The number of carbonyl (C=O) groups is 2. The zero-order valence-electron chi connectivity index (χ0n) is 12.8. The summed E-state index contributed by atoms with van der Waals surface area (Å²) in [6.45, 7) is -0.482. The molecule has 0 unspecified atom stereocenters. The number of benzene rings is 2. The minimum atomic E-state index is -0.769. The Hall–Kier alpha value is -2.98. The quantitative estimate of drug-likeness (QED) is 0.611. The van der Waals surface area contributed by atoms with Gasteiger partial charge in [-0.15, -0.1) is 0 Å². The molecule has 1 amide bonds. The number of amides is 1. The smallest absolute Gasteiger partial charge is 0.331 e. The number of hydrogen-bond donors (Lipinski definition) is 1. The molecule has 1 N–H and O–H groups in total. The van der Waals surface area contributed by atoms with Crippen LogP contribution in [0.25, 0.3) is 6.08 Å². The van der Waals surface area contributed by atoms with Crippen LogP contribution in [-0.4, -0.2) is 18.5 Å². The molecule has 7 heteroatoms. The number of hydrogen-bond acceptors (Lipinski definition) is 4. The molecule has 0 aliphatic heterocycles. The van der Waals surface area contributed by atoms with Crippen molar-refractivity contribution in [3.05, 3.63) is 70.0 Å². The molecule has 0 fully saturated rings. The number of anilines is 1. The first-order valence-corrected chi connectivity index (χ1v) is 7.87. The third-order valence-electron chi connectivity index (χ3n) is 3.00. The van der Waals surface area contributed by atoms with Gasteiger partial charge in [-0.3, -0.25) is 4.79 Å². The number of nitrogens with zero attached hydrogens (tertiary/aromatic N) is 1. The lowest BCUT2D eigenvalue weighted by atomic mass is 10.2. The maximum absolute atomic E-state index is 13.5. The van der Waals surface area contributed by atoms with Crippen LogP contribution in [0.2, 0.25) is 0 Å². The Balaban J connectivity index is 1.84. The van der Waals surface area contributed by atoms with E-state index < -0.39 is 24.3 Å². The van der Waals surface area contributed by atoms with E-state index in [9.17, 15) is 14.0 Å². The first-order valence-electron chi connectivity index (χ1n) is 7.08. The number of esters is 1. The Morgan fingerprint density at radius 2 is 1.96 bits per heavy atom. The summed E-state index contributed by atoms with van der Waals surface area (Å²) in [5.74, 6) is -1.78.